The molecule has 128 valence electrons. The van der Waals surface area contributed by atoms with E-state index in [4.69, 9.17) is 4.74 Å². The Balaban J connectivity index is 0.000000344. The number of carbonyl (C=O) groups is 2. The third-order valence-electron chi connectivity index (χ3n) is 4.13. The number of nitrogens with one attached hydrogen (secondary N) is 2. The van der Waals surface area contributed by atoms with Crippen LogP contribution in [0.3, 0.4) is 0 Å². The molecule has 1 atom stereocenters. The highest BCUT2D eigenvalue weighted by molar-refractivity contribution is 5.78. The third kappa shape index (κ3) is 6.32. The quantitative estimate of drug-likeness (QED) is 0.750. The molecule has 6 nitrogen and oxygen atoms in total. The normalized spacial score (nSPS) is 23.7. The van der Waals surface area contributed by atoms with Crippen molar-refractivity contribution in [1.29, 1.82) is 0 Å². The number of nitrogens with zero attached hydrogens (tertiary/aromatic N) is 1. The molecule has 0 radical (unpaired) electrons. The van der Waals surface area contributed by atoms with Crippen LogP contribution in [-0.4, -0.2) is 62.7 Å². The lowest BCUT2D eigenvalue weighted by Gasteiger charge is -2.16. The Kier molecular flexibility index (Phi) is 9.08. The van der Waals surface area contributed by atoms with Crippen molar-refractivity contribution in [2.75, 3.05) is 45.9 Å². The van der Waals surface area contributed by atoms with Crippen molar-refractivity contribution in [2.24, 2.45) is 5.92 Å². The fourth-order valence-electron chi connectivity index (χ4n) is 2.80. The molecule has 3 heterocycles. The van der Waals surface area contributed by atoms with Gasteiger partial charge in [0.2, 0.25) is 5.91 Å². The predicted octanol–water partition coefficient (Wildman–Crippen LogP) is 0.767. The number of rotatable bonds is 4. The lowest BCUT2D eigenvalue weighted by Crippen LogP contribution is -2.30. The maximum absolute atomic E-state index is 11.5. The largest absolute Gasteiger partial charge is 0.464 e. The van der Waals surface area contributed by atoms with Crippen molar-refractivity contribution in [3.05, 3.63) is 0 Å². The maximum Gasteiger partial charge on any atom is 0.310 e. The Morgan fingerprint density at radius 2 is 1.95 bits per heavy atom. The molecule has 2 N–H and O–H groups in total. The van der Waals surface area contributed by atoms with E-state index in [1.54, 1.807) is 4.90 Å². The fraction of sp³-hybridized carbons (Fsp3) is 0.875. The van der Waals surface area contributed by atoms with E-state index < -0.39 is 0 Å². The second kappa shape index (κ2) is 10.6. The van der Waals surface area contributed by atoms with Gasteiger partial charge in [0.15, 0.2) is 0 Å². The van der Waals surface area contributed by atoms with E-state index in [1.807, 2.05) is 0 Å². The molecule has 1 unspecified atom stereocenters. The third-order valence-corrected chi connectivity index (χ3v) is 4.13. The molecule has 22 heavy (non-hydrogen) atoms. The standard InChI is InChI=1S/C11H18N2O3.C4H9N.CH4/c14-10-2-1-5-13(10)6-7-16-11(15)9-3-4-12-8-9;1-2-4-5-3-1;/h9,12H,1-8H2;5H,1-4H2;1H4. The average molecular weight is 313 g/mol. The van der Waals surface area contributed by atoms with E-state index in [2.05, 4.69) is 10.6 Å². The Hall–Kier alpha value is -1.14. The molecule has 3 aliphatic heterocycles. The van der Waals surface area contributed by atoms with E-state index >= 15 is 0 Å². The van der Waals surface area contributed by atoms with Gasteiger partial charge in [-0.2, -0.15) is 0 Å². The number of carbonyl (C=O) groups excluding carboxylic acids is 2. The molecule has 0 aliphatic carbocycles. The zero-order valence-electron chi connectivity index (χ0n) is 12.7. The minimum atomic E-state index is -0.128. The molecule has 3 fully saturated rings. The summed E-state index contributed by atoms with van der Waals surface area (Å²) >= 11 is 0. The summed E-state index contributed by atoms with van der Waals surface area (Å²) in [5, 5.41) is 6.35. The molecular weight excluding hydrogens is 282 g/mol. The summed E-state index contributed by atoms with van der Waals surface area (Å²) in [6.45, 7) is 5.80. The van der Waals surface area contributed by atoms with E-state index in [9.17, 15) is 9.59 Å². The van der Waals surface area contributed by atoms with Crippen molar-refractivity contribution in [1.82, 2.24) is 15.5 Å². The van der Waals surface area contributed by atoms with Gasteiger partial charge in [0.25, 0.3) is 0 Å². The predicted molar refractivity (Wildman–Crippen MR) is 86.6 cm³/mol. The molecule has 3 rings (SSSR count). The Morgan fingerprint density at radius 1 is 1.18 bits per heavy atom. The van der Waals surface area contributed by atoms with E-state index in [0.717, 1.165) is 32.5 Å². The van der Waals surface area contributed by atoms with Crippen LogP contribution in [0, 0.1) is 5.92 Å². The fourth-order valence-corrected chi connectivity index (χ4v) is 2.80. The van der Waals surface area contributed by atoms with Crippen LogP contribution >= 0.6 is 0 Å². The topological polar surface area (TPSA) is 70.7 Å². The first kappa shape index (κ1) is 18.9. The minimum absolute atomic E-state index is 0. The number of ether oxygens (including phenoxy) is 1. The van der Waals surface area contributed by atoms with Crippen LogP contribution < -0.4 is 10.6 Å². The van der Waals surface area contributed by atoms with Crippen molar-refractivity contribution in [3.63, 3.8) is 0 Å². The van der Waals surface area contributed by atoms with Gasteiger partial charge in [0.05, 0.1) is 12.5 Å². The first-order valence-corrected chi connectivity index (χ1v) is 8.13. The highest BCUT2D eigenvalue weighted by Gasteiger charge is 2.24. The van der Waals surface area contributed by atoms with Gasteiger partial charge >= 0.3 is 5.97 Å². The molecule has 1 amide bonds. The van der Waals surface area contributed by atoms with E-state index in [1.165, 1.54) is 25.9 Å². The van der Waals surface area contributed by atoms with E-state index in [0.29, 0.717) is 19.6 Å². The monoisotopic (exact) mass is 313 g/mol. The number of esters is 1. The number of hydrogen-bond acceptors (Lipinski definition) is 5. The summed E-state index contributed by atoms with van der Waals surface area (Å²) in [5.41, 5.74) is 0. The maximum atomic E-state index is 11.5. The molecular formula is C16H31N3O3. The highest BCUT2D eigenvalue weighted by Crippen LogP contribution is 2.11. The SMILES string of the molecule is C.C1CCNC1.O=C(OCCN1CCCC1=O)C1CCNC1. The summed E-state index contributed by atoms with van der Waals surface area (Å²) in [4.78, 5) is 24.6. The molecule has 6 heteroatoms. The molecule has 0 bridgehead atoms. The van der Waals surface area contributed by atoms with Gasteiger partial charge in [0, 0.05) is 19.5 Å². The van der Waals surface area contributed by atoms with E-state index in [-0.39, 0.29) is 25.2 Å². The van der Waals surface area contributed by atoms with Crippen LogP contribution in [-0.2, 0) is 14.3 Å². The lowest BCUT2D eigenvalue weighted by molar-refractivity contribution is -0.149. The van der Waals surface area contributed by atoms with Crippen LogP contribution in [0.15, 0.2) is 0 Å². The number of amides is 1. The zero-order chi connectivity index (χ0) is 14.9. The molecule has 0 aromatic carbocycles. The van der Waals surface area contributed by atoms with Crippen LogP contribution in [0.5, 0.6) is 0 Å². The van der Waals surface area contributed by atoms with Crippen molar-refractivity contribution in [2.45, 2.75) is 39.5 Å². The Bertz CT molecular complexity index is 332. The first-order chi connectivity index (χ1) is 10.3. The molecule has 3 aliphatic rings. The van der Waals surface area contributed by atoms with Gasteiger partial charge in [-0.1, -0.05) is 7.43 Å². The summed E-state index contributed by atoms with van der Waals surface area (Å²) in [5.74, 6) is 0.0597. The van der Waals surface area contributed by atoms with Crippen molar-refractivity contribution in [3.8, 4) is 0 Å². The highest BCUT2D eigenvalue weighted by atomic mass is 16.5. The zero-order valence-corrected chi connectivity index (χ0v) is 12.7. The molecule has 3 saturated heterocycles. The summed E-state index contributed by atoms with van der Waals surface area (Å²) < 4.78 is 5.16. The van der Waals surface area contributed by atoms with Gasteiger partial charge in [-0.05, 0) is 45.3 Å². The molecule has 0 aromatic heterocycles. The Labute approximate surface area is 134 Å². The number of likely N-dealkylation sites (tertiary alicyclic amines) is 1. The van der Waals surface area contributed by atoms with Gasteiger partial charge in [-0.3, -0.25) is 9.59 Å². The smallest absolute Gasteiger partial charge is 0.310 e. The van der Waals surface area contributed by atoms with Crippen LogP contribution in [0.1, 0.15) is 39.5 Å². The van der Waals surface area contributed by atoms with Crippen LogP contribution in [0.2, 0.25) is 0 Å². The van der Waals surface area contributed by atoms with Crippen LogP contribution in [0.25, 0.3) is 0 Å². The average Bonchev–Trinajstić information content (AvgIpc) is 3.24. The van der Waals surface area contributed by atoms with Gasteiger partial charge in [-0.15, -0.1) is 0 Å². The van der Waals surface area contributed by atoms with Crippen molar-refractivity contribution >= 4 is 11.9 Å². The summed E-state index contributed by atoms with van der Waals surface area (Å²) in [7, 11) is 0. The second-order valence-electron chi connectivity index (χ2n) is 5.80. The first-order valence-electron chi connectivity index (χ1n) is 8.13. The Morgan fingerprint density at radius 3 is 2.45 bits per heavy atom. The van der Waals surface area contributed by atoms with Gasteiger partial charge < -0.3 is 20.3 Å². The van der Waals surface area contributed by atoms with Crippen molar-refractivity contribution < 1.29 is 14.3 Å². The molecule has 0 saturated carbocycles. The molecule has 0 spiro atoms. The van der Waals surface area contributed by atoms with Gasteiger partial charge in [-0.25, -0.2) is 0 Å². The summed E-state index contributed by atoms with van der Waals surface area (Å²) in [6, 6.07) is 0. The lowest BCUT2D eigenvalue weighted by atomic mass is 10.1. The van der Waals surface area contributed by atoms with Crippen LogP contribution in [0.4, 0.5) is 0 Å². The van der Waals surface area contributed by atoms with Gasteiger partial charge in [0.1, 0.15) is 6.61 Å². The molecule has 0 aromatic rings. The number of hydrogen-bond donors (Lipinski definition) is 2. The summed E-state index contributed by atoms with van der Waals surface area (Å²) in [6.07, 6.45) is 5.21. The minimum Gasteiger partial charge on any atom is -0.464 e. The second-order valence-corrected chi connectivity index (χ2v) is 5.80.